The molecule has 0 unspecified atom stereocenters. The van der Waals surface area contributed by atoms with E-state index in [0.29, 0.717) is 16.6 Å². The molecular formula is C11H10ClN3O2. The number of anilines is 1. The number of hydrogen-bond donors (Lipinski definition) is 2. The number of amides is 1. The maximum absolute atomic E-state index is 11.5. The Morgan fingerprint density at radius 1 is 1.47 bits per heavy atom. The van der Waals surface area contributed by atoms with Crippen LogP contribution in [0.1, 0.15) is 0 Å². The fourth-order valence-electron chi connectivity index (χ4n) is 1.22. The van der Waals surface area contributed by atoms with Crippen molar-refractivity contribution in [1.29, 1.82) is 0 Å². The van der Waals surface area contributed by atoms with Gasteiger partial charge in [-0.15, -0.1) is 0 Å². The number of aromatic nitrogens is 2. The molecular weight excluding hydrogens is 242 g/mol. The molecule has 0 fully saturated rings. The monoisotopic (exact) mass is 251 g/mol. The molecule has 6 heteroatoms. The summed E-state index contributed by atoms with van der Waals surface area (Å²) in [5.41, 5.74) is 0. The molecule has 2 aromatic rings. The predicted octanol–water partition coefficient (Wildman–Crippen LogP) is 2.08. The number of H-pyrrole nitrogens is 1. The van der Waals surface area contributed by atoms with Gasteiger partial charge in [0.1, 0.15) is 11.6 Å². The van der Waals surface area contributed by atoms with E-state index in [-0.39, 0.29) is 12.5 Å². The summed E-state index contributed by atoms with van der Waals surface area (Å²) in [4.78, 5) is 11.5. The maximum Gasteiger partial charge on any atom is 0.263 e. The van der Waals surface area contributed by atoms with Crippen LogP contribution < -0.4 is 10.1 Å². The lowest BCUT2D eigenvalue weighted by Gasteiger charge is -2.06. The van der Waals surface area contributed by atoms with Crippen LogP contribution in [0.4, 0.5) is 5.82 Å². The SMILES string of the molecule is O=C(COc1cccc(Cl)c1)Nc1ccn[nH]1. The summed E-state index contributed by atoms with van der Waals surface area (Å²) in [5, 5.41) is 9.48. The van der Waals surface area contributed by atoms with Gasteiger partial charge in [-0.3, -0.25) is 9.89 Å². The summed E-state index contributed by atoms with van der Waals surface area (Å²) in [5.74, 6) is 0.816. The molecule has 88 valence electrons. The predicted molar refractivity (Wildman–Crippen MR) is 64.2 cm³/mol. The van der Waals surface area contributed by atoms with Crippen molar-refractivity contribution in [2.24, 2.45) is 0 Å². The molecule has 0 bridgehead atoms. The molecule has 0 aliphatic carbocycles. The number of nitrogens with zero attached hydrogens (tertiary/aromatic N) is 1. The number of hydrogen-bond acceptors (Lipinski definition) is 3. The van der Waals surface area contributed by atoms with E-state index in [1.54, 1.807) is 36.5 Å². The van der Waals surface area contributed by atoms with E-state index in [2.05, 4.69) is 15.5 Å². The molecule has 1 heterocycles. The molecule has 2 rings (SSSR count). The Bertz CT molecular complexity index is 499. The molecule has 0 atom stereocenters. The van der Waals surface area contributed by atoms with Gasteiger partial charge in [-0.05, 0) is 18.2 Å². The number of halogens is 1. The van der Waals surface area contributed by atoms with Gasteiger partial charge >= 0.3 is 0 Å². The molecule has 0 saturated heterocycles. The quantitative estimate of drug-likeness (QED) is 0.874. The fraction of sp³-hybridized carbons (Fsp3) is 0.0909. The first-order valence-corrected chi connectivity index (χ1v) is 5.29. The molecule has 5 nitrogen and oxygen atoms in total. The molecule has 2 N–H and O–H groups in total. The van der Waals surface area contributed by atoms with Gasteiger partial charge in [0.15, 0.2) is 6.61 Å². The fourth-order valence-corrected chi connectivity index (χ4v) is 1.40. The van der Waals surface area contributed by atoms with Crippen molar-refractivity contribution in [3.05, 3.63) is 41.6 Å². The molecule has 1 aromatic heterocycles. The van der Waals surface area contributed by atoms with Gasteiger partial charge in [-0.25, -0.2) is 0 Å². The van der Waals surface area contributed by atoms with Crippen molar-refractivity contribution in [3.8, 4) is 5.75 Å². The van der Waals surface area contributed by atoms with Crippen LogP contribution >= 0.6 is 11.6 Å². The zero-order chi connectivity index (χ0) is 12.1. The Morgan fingerprint density at radius 2 is 2.35 bits per heavy atom. The standard InChI is InChI=1S/C11H10ClN3O2/c12-8-2-1-3-9(6-8)17-7-11(16)14-10-4-5-13-15-10/h1-6H,7H2,(H2,13,14,15,16). The van der Waals surface area contributed by atoms with Gasteiger partial charge in [-0.2, -0.15) is 5.10 Å². The molecule has 1 amide bonds. The van der Waals surface area contributed by atoms with E-state index in [9.17, 15) is 4.79 Å². The molecule has 0 spiro atoms. The highest BCUT2D eigenvalue weighted by Gasteiger charge is 2.04. The van der Waals surface area contributed by atoms with Crippen molar-refractivity contribution in [1.82, 2.24) is 10.2 Å². The van der Waals surface area contributed by atoms with Crippen LogP contribution in [0, 0.1) is 0 Å². The first kappa shape index (κ1) is 11.5. The van der Waals surface area contributed by atoms with Gasteiger partial charge in [0.05, 0.1) is 6.20 Å². The Labute approximate surface area is 103 Å². The minimum Gasteiger partial charge on any atom is -0.484 e. The van der Waals surface area contributed by atoms with Crippen molar-refractivity contribution in [2.45, 2.75) is 0 Å². The smallest absolute Gasteiger partial charge is 0.263 e. The largest absolute Gasteiger partial charge is 0.484 e. The Balaban J connectivity index is 1.84. The van der Waals surface area contributed by atoms with E-state index in [1.807, 2.05) is 0 Å². The van der Waals surface area contributed by atoms with E-state index >= 15 is 0 Å². The number of carbonyl (C=O) groups excluding carboxylic acids is 1. The third-order valence-electron chi connectivity index (χ3n) is 1.94. The second kappa shape index (κ2) is 5.36. The first-order chi connectivity index (χ1) is 8.24. The molecule has 0 aliphatic rings. The second-order valence-corrected chi connectivity index (χ2v) is 3.70. The number of aromatic amines is 1. The highest BCUT2D eigenvalue weighted by atomic mass is 35.5. The van der Waals surface area contributed by atoms with Crippen LogP contribution in [0.3, 0.4) is 0 Å². The van der Waals surface area contributed by atoms with Crippen molar-refractivity contribution in [3.63, 3.8) is 0 Å². The van der Waals surface area contributed by atoms with Crippen LogP contribution in [0.25, 0.3) is 0 Å². The van der Waals surface area contributed by atoms with Crippen LogP contribution in [0.2, 0.25) is 5.02 Å². The Kier molecular flexibility index (Phi) is 3.62. The van der Waals surface area contributed by atoms with Gasteiger partial charge in [0.2, 0.25) is 0 Å². The van der Waals surface area contributed by atoms with Gasteiger partial charge in [0, 0.05) is 11.1 Å². The van der Waals surface area contributed by atoms with E-state index in [1.165, 1.54) is 0 Å². The highest BCUT2D eigenvalue weighted by Crippen LogP contribution is 2.16. The number of benzene rings is 1. The molecule has 1 aromatic carbocycles. The topological polar surface area (TPSA) is 67.0 Å². The minimum atomic E-state index is -0.269. The lowest BCUT2D eigenvalue weighted by molar-refractivity contribution is -0.118. The van der Waals surface area contributed by atoms with Gasteiger partial charge in [-0.1, -0.05) is 17.7 Å². The summed E-state index contributed by atoms with van der Waals surface area (Å²) in [7, 11) is 0. The third-order valence-corrected chi connectivity index (χ3v) is 2.18. The minimum absolute atomic E-state index is 0.0840. The van der Waals surface area contributed by atoms with Crippen molar-refractivity contribution >= 4 is 23.3 Å². The van der Waals surface area contributed by atoms with Crippen LogP contribution in [-0.2, 0) is 4.79 Å². The molecule has 0 radical (unpaired) electrons. The zero-order valence-electron chi connectivity index (χ0n) is 8.81. The van der Waals surface area contributed by atoms with Crippen LogP contribution in [0.5, 0.6) is 5.75 Å². The summed E-state index contributed by atoms with van der Waals surface area (Å²) >= 11 is 5.78. The van der Waals surface area contributed by atoms with Crippen molar-refractivity contribution in [2.75, 3.05) is 11.9 Å². The van der Waals surface area contributed by atoms with Crippen LogP contribution in [0.15, 0.2) is 36.5 Å². The van der Waals surface area contributed by atoms with Crippen molar-refractivity contribution < 1.29 is 9.53 Å². The Hall–Kier alpha value is -2.01. The zero-order valence-corrected chi connectivity index (χ0v) is 9.57. The van der Waals surface area contributed by atoms with E-state index in [4.69, 9.17) is 16.3 Å². The third kappa shape index (κ3) is 3.49. The summed E-state index contributed by atoms with van der Waals surface area (Å²) in [6.45, 7) is -0.0840. The van der Waals surface area contributed by atoms with Gasteiger partial charge < -0.3 is 10.1 Å². The maximum atomic E-state index is 11.5. The number of ether oxygens (including phenoxy) is 1. The average molecular weight is 252 g/mol. The number of rotatable bonds is 4. The van der Waals surface area contributed by atoms with E-state index in [0.717, 1.165) is 0 Å². The summed E-state index contributed by atoms with van der Waals surface area (Å²) in [6, 6.07) is 8.52. The summed E-state index contributed by atoms with van der Waals surface area (Å²) in [6.07, 6.45) is 1.55. The average Bonchev–Trinajstić information content (AvgIpc) is 2.79. The highest BCUT2D eigenvalue weighted by molar-refractivity contribution is 6.30. The second-order valence-electron chi connectivity index (χ2n) is 3.26. The Morgan fingerprint density at radius 3 is 3.06 bits per heavy atom. The van der Waals surface area contributed by atoms with Crippen LogP contribution in [-0.4, -0.2) is 22.7 Å². The number of nitrogens with one attached hydrogen (secondary N) is 2. The molecule has 0 saturated carbocycles. The summed E-state index contributed by atoms with van der Waals surface area (Å²) < 4.78 is 5.27. The van der Waals surface area contributed by atoms with Gasteiger partial charge in [0.25, 0.3) is 5.91 Å². The van der Waals surface area contributed by atoms with E-state index < -0.39 is 0 Å². The lowest BCUT2D eigenvalue weighted by atomic mass is 10.3. The lowest BCUT2D eigenvalue weighted by Crippen LogP contribution is -2.20. The first-order valence-electron chi connectivity index (χ1n) is 4.91. The molecule has 17 heavy (non-hydrogen) atoms. The normalized spacial score (nSPS) is 9.94. The molecule has 0 aliphatic heterocycles. The number of carbonyl (C=O) groups is 1.